The summed E-state index contributed by atoms with van der Waals surface area (Å²) in [5.41, 5.74) is 0.476. The Labute approximate surface area is 251 Å². The number of halogens is 2. The highest BCUT2D eigenvalue weighted by molar-refractivity contribution is 6.30. The van der Waals surface area contributed by atoms with Gasteiger partial charge in [0, 0.05) is 24.4 Å². The molecule has 43 heavy (non-hydrogen) atoms. The molecule has 4 rings (SSSR count). The Bertz CT molecular complexity index is 1780. The third-order valence-corrected chi connectivity index (χ3v) is 6.68. The average molecular weight is 610 g/mol. The predicted molar refractivity (Wildman–Crippen MR) is 156 cm³/mol. The van der Waals surface area contributed by atoms with Crippen molar-refractivity contribution in [3.05, 3.63) is 85.9 Å². The summed E-state index contributed by atoms with van der Waals surface area (Å²) in [5, 5.41) is 17.3. The molecule has 14 heteroatoms. The van der Waals surface area contributed by atoms with Crippen LogP contribution in [0.15, 0.2) is 41.5 Å². The van der Waals surface area contributed by atoms with E-state index in [1.54, 1.807) is 6.92 Å². The molecule has 0 aliphatic rings. The number of hydrogen-bond donors (Lipinski definition) is 1. The van der Waals surface area contributed by atoms with Crippen molar-refractivity contribution in [1.29, 1.82) is 5.26 Å². The third kappa shape index (κ3) is 6.14. The second-order valence-electron chi connectivity index (χ2n) is 9.60. The number of aromatic nitrogens is 5. The highest BCUT2D eigenvalue weighted by atomic mass is 35.5. The highest BCUT2D eigenvalue weighted by Crippen LogP contribution is 2.38. The van der Waals surface area contributed by atoms with Crippen LogP contribution in [0.4, 0.5) is 10.1 Å². The summed E-state index contributed by atoms with van der Waals surface area (Å²) in [6, 6.07) is 6.09. The summed E-state index contributed by atoms with van der Waals surface area (Å²) in [4.78, 5) is 35.0. The third-order valence-electron chi connectivity index (χ3n) is 6.47. The predicted octanol–water partition coefficient (Wildman–Crippen LogP) is 4.54. The lowest BCUT2D eigenvalue weighted by Gasteiger charge is -2.24. The molecule has 3 aromatic heterocycles. The van der Waals surface area contributed by atoms with Crippen molar-refractivity contribution in [3.8, 4) is 23.6 Å². The Hall–Kier alpha value is -4.96. The van der Waals surface area contributed by atoms with Gasteiger partial charge in [0.2, 0.25) is 5.88 Å². The van der Waals surface area contributed by atoms with Crippen LogP contribution in [0.3, 0.4) is 0 Å². The Kier molecular flexibility index (Phi) is 9.30. The maximum Gasteiger partial charge on any atom is 0.359 e. The molecule has 0 amide bonds. The highest BCUT2D eigenvalue weighted by Gasteiger charge is 2.35. The fourth-order valence-electron chi connectivity index (χ4n) is 4.62. The molecule has 1 unspecified atom stereocenters. The van der Waals surface area contributed by atoms with E-state index in [0.717, 1.165) is 6.07 Å². The minimum atomic E-state index is -1.19. The van der Waals surface area contributed by atoms with Gasteiger partial charge in [-0.1, -0.05) is 31.5 Å². The zero-order chi connectivity index (χ0) is 31.4. The summed E-state index contributed by atoms with van der Waals surface area (Å²) in [5.74, 6) is -1.79. The molecule has 0 bridgehead atoms. The first-order valence-corrected chi connectivity index (χ1v) is 13.5. The molecule has 3 heterocycles. The topological polar surface area (TPSA) is 146 Å². The Morgan fingerprint density at radius 2 is 1.98 bits per heavy atom. The van der Waals surface area contributed by atoms with Crippen molar-refractivity contribution < 1.29 is 23.4 Å². The number of carbonyl (C=O) groups excluding carboxylic acids is 1. The van der Waals surface area contributed by atoms with E-state index in [-0.39, 0.29) is 63.2 Å². The summed E-state index contributed by atoms with van der Waals surface area (Å²) < 4.78 is 34.5. The Morgan fingerprint density at radius 1 is 1.23 bits per heavy atom. The van der Waals surface area contributed by atoms with Crippen molar-refractivity contribution in [3.63, 3.8) is 0 Å². The van der Waals surface area contributed by atoms with Crippen molar-refractivity contribution in [1.82, 2.24) is 24.3 Å². The number of carbonyl (C=O) groups is 1. The first-order chi connectivity index (χ1) is 20.5. The van der Waals surface area contributed by atoms with Crippen LogP contribution < -0.4 is 20.3 Å². The van der Waals surface area contributed by atoms with Gasteiger partial charge in [0.25, 0.3) is 5.56 Å². The fourth-order valence-corrected chi connectivity index (χ4v) is 4.88. The van der Waals surface area contributed by atoms with Gasteiger partial charge in [-0.3, -0.25) is 4.79 Å². The number of pyridine rings is 1. The van der Waals surface area contributed by atoms with Gasteiger partial charge in [-0.15, -0.1) is 0 Å². The standard InChI is InChI=1S/C29H29ClFN7O5/c1-7-43-28(40)24-22(25(15(2)3)38(36-24)21-13-33-29(42-6)35-26(21)41-5)23(18-9-8-16(12-32)10-19(18)31)34-20-11-17(30)14-37(4)27(20)39/h8-11,13-15,23,34H,7H2,1-6H3. The number of nitrogens with one attached hydrogen (secondary N) is 1. The summed E-state index contributed by atoms with van der Waals surface area (Å²) >= 11 is 6.28. The minimum absolute atomic E-state index is 0.0333. The van der Waals surface area contributed by atoms with E-state index in [2.05, 4.69) is 20.4 Å². The van der Waals surface area contributed by atoms with Crippen molar-refractivity contribution in [2.45, 2.75) is 32.7 Å². The van der Waals surface area contributed by atoms with Crippen molar-refractivity contribution >= 4 is 23.3 Å². The first kappa shape index (κ1) is 31.0. The van der Waals surface area contributed by atoms with Crippen molar-refractivity contribution in [2.24, 2.45) is 7.05 Å². The minimum Gasteiger partial charge on any atom is -0.479 e. The van der Waals surface area contributed by atoms with Gasteiger partial charge in [0.15, 0.2) is 5.69 Å². The molecule has 12 nitrogen and oxygen atoms in total. The van der Waals surface area contributed by atoms with Crippen LogP contribution in [0.25, 0.3) is 5.69 Å². The SMILES string of the molecule is CCOC(=O)c1nn(-c2cnc(OC)nc2OC)c(C(C)C)c1C(Nc1cc(Cl)cn(C)c1=O)c1ccc(C#N)cc1F. The summed E-state index contributed by atoms with van der Waals surface area (Å²) in [6.45, 7) is 5.39. The number of methoxy groups -OCH3 is 2. The van der Waals surface area contributed by atoms with Crippen molar-refractivity contribution in [2.75, 3.05) is 26.1 Å². The van der Waals surface area contributed by atoms with E-state index in [1.807, 2.05) is 19.9 Å². The lowest BCUT2D eigenvalue weighted by atomic mass is 9.91. The fraction of sp³-hybridized carbons (Fsp3) is 0.310. The van der Waals surface area contributed by atoms with Gasteiger partial charge >= 0.3 is 12.0 Å². The number of esters is 1. The Balaban J connectivity index is 2.11. The number of rotatable bonds is 10. The van der Waals surface area contributed by atoms with Gasteiger partial charge in [0.05, 0.1) is 55.4 Å². The van der Waals surface area contributed by atoms with Crippen LogP contribution in [0.5, 0.6) is 11.9 Å². The van der Waals surface area contributed by atoms with Crippen LogP contribution >= 0.6 is 11.6 Å². The molecule has 1 aromatic carbocycles. The molecule has 0 radical (unpaired) electrons. The number of nitriles is 1. The number of anilines is 1. The smallest absolute Gasteiger partial charge is 0.359 e. The van der Waals surface area contributed by atoms with Crippen LogP contribution in [-0.4, -0.2) is 51.1 Å². The molecule has 0 spiro atoms. The van der Waals surface area contributed by atoms with Gasteiger partial charge < -0.3 is 24.1 Å². The lowest BCUT2D eigenvalue weighted by Crippen LogP contribution is -2.26. The summed E-state index contributed by atoms with van der Waals surface area (Å²) in [7, 11) is 4.33. The number of ether oxygens (including phenoxy) is 3. The number of aryl methyl sites for hydroxylation is 1. The quantitative estimate of drug-likeness (QED) is 0.254. The molecule has 224 valence electrons. The zero-order valence-electron chi connectivity index (χ0n) is 24.3. The van der Waals surface area contributed by atoms with E-state index < -0.39 is 23.4 Å². The second kappa shape index (κ2) is 12.9. The van der Waals surface area contributed by atoms with Crippen LogP contribution in [0.1, 0.15) is 65.6 Å². The normalized spacial score (nSPS) is 11.6. The number of hydrogen-bond acceptors (Lipinski definition) is 10. The lowest BCUT2D eigenvalue weighted by molar-refractivity contribution is 0.0517. The van der Waals surface area contributed by atoms with E-state index in [0.29, 0.717) is 5.69 Å². The number of benzene rings is 1. The molecular weight excluding hydrogens is 581 g/mol. The van der Waals surface area contributed by atoms with Gasteiger partial charge in [-0.05, 0) is 31.0 Å². The van der Waals surface area contributed by atoms with Gasteiger partial charge in [-0.25, -0.2) is 18.9 Å². The molecule has 1 atom stereocenters. The Morgan fingerprint density at radius 3 is 2.58 bits per heavy atom. The van der Waals surface area contributed by atoms with Crippen LogP contribution in [0, 0.1) is 17.1 Å². The zero-order valence-corrected chi connectivity index (χ0v) is 25.1. The van der Waals surface area contributed by atoms with Crippen LogP contribution in [-0.2, 0) is 11.8 Å². The molecule has 1 N–H and O–H groups in total. The van der Waals surface area contributed by atoms with E-state index >= 15 is 4.39 Å². The van der Waals surface area contributed by atoms with Crippen LogP contribution in [0.2, 0.25) is 5.02 Å². The summed E-state index contributed by atoms with van der Waals surface area (Å²) in [6.07, 6.45) is 2.85. The van der Waals surface area contributed by atoms with E-state index in [9.17, 15) is 14.9 Å². The van der Waals surface area contributed by atoms with E-state index in [4.69, 9.17) is 25.8 Å². The second-order valence-corrected chi connectivity index (χ2v) is 10.0. The first-order valence-electron chi connectivity index (χ1n) is 13.1. The van der Waals surface area contributed by atoms with E-state index in [1.165, 1.54) is 61.1 Å². The maximum absolute atomic E-state index is 15.8. The molecular formula is C29H29ClFN7O5. The largest absolute Gasteiger partial charge is 0.479 e. The van der Waals surface area contributed by atoms with Gasteiger partial charge in [0.1, 0.15) is 17.2 Å². The monoisotopic (exact) mass is 609 g/mol. The molecule has 0 aliphatic carbocycles. The van der Waals surface area contributed by atoms with Gasteiger partial charge in [-0.2, -0.15) is 15.3 Å². The average Bonchev–Trinajstić information content (AvgIpc) is 3.38. The molecule has 0 aliphatic heterocycles. The molecule has 4 aromatic rings. The molecule has 0 saturated carbocycles. The molecule has 0 saturated heterocycles. The maximum atomic E-state index is 15.8. The molecule has 0 fully saturated rings. The number of nitrogens with zero attached hydrogens (tertiary/aromatic N) is 6.